The highest BCUT2D eigenvalue weighted by atomic mass is 19.3. The van der Waals surface area contributed by atoms with Crippen molar-refractivity contribution < 1.29 is 37.3 Å². The number of hydrogen-bond donors (Lipinski definition) is 1. The first-order chi connectivity index (χ1) is 13.7. The Hall–Kier alpha value is -3.36. The van der Waals surface area contributed by atoms with Crippen LogP contribution in [0.2, 0.25) is 0 Å². The van der Waals surface area contributed by atoms with Gasteiger partial charge in [-0.25, -0.2) is 4.79 Å². The lowest BCUT2D eigenvalue weighted by molar-refractivity contribution is -0.286. The summed E-state index contributed by atoms with van der Waals surface area (Å²) < 4.78 is 45.1. The van der Waals surface area contributed by atoms with Crippen LogP contribution < -0.4 is 19.5 Å². The molecule has 1 amide bonds. The van der Waals surface area contributed by atoms with E-state index in [1.54, 1.807) is 12.1 Å². The second-order valence-electron chi connectivity index (χ2n) is 6.68. The van der Waals surface area contributed by atoms with Crippen LogP contribution in [-0.4, -0.2) is 31.4 Å². The number of ether oxygens (including phenoxy) is 4. The Bertz CT molecular complexity index is 898. The minimum atomic E-state index is -3.74. The van der Waals surface area contributed by atoms with E-state index in [2.05, 4.69) is 14.8 Å². The molecule has 1 N–H and O–H groups in total. The SMILES string of the molecule is CC(C)COc1ccc(C(=O)OCC(=O)Nc2ccc3c(c2)OC(F)(F)O3)cc1. The summed E-state index contributed by atoms with van der Waals surface area (Å²) in [6.45, 7) is 4.06. The van der Waals surface area contributed by atoms with E-state index in [1.165, 1.54) is 30.3 Å². The van der Waals surface area contributed by atoms with E-state index >= 15 is 0 Å². The zero-order chi connectivity index (χ0) is 21.0. The predicted molar refractivity (Wildman–Crippen MR) is 98.3 cm³/mol. The molecule has 2 aromatic rings. The van der Waals surface area contributed by atoms with Crippen molar-refractivity contribution in [2.45, 2.75) is 20.1 Å². The fourth-order valence-electron chi connectivity index (χ4n) is 2.39. The third kappa shape index (κ3) is 5.56. The van der Waals surface area contributed by atoms with Crippen LogP contribution in [0.4, 0.5) is 14.5 Å². The number of esters is 1. The molecule has 3 rings (SSSR count). The second-order valence-corrected chi connectivity index (χ2v) is 6.68. The van der Waals surface area contributed by atoms with E-state index in [0.29, 0.717) is 18.3 Å². The molecule has 9 heteroatoms. The molecular formula is C20H19F2NO6. The lowest BCUT2D eigenvalue weighted by Crippen LogP contribution is -2.25. The first-order valence-corrected chi connectivity index (χ1v) is 8.81. The smallest absolute Gasteiger partial charge is 0.493 e. The molecule has 29 heavy (non-hydrogen) atoms. The van der Waals surface area contributed by atoms with Gasteiger partial charge in [0.2, 0.25) is 0 Å². The maximum Gasteiger partial charge on any atom is 0.586 e. The summed E-state index contributed by atoms with van der Waals surface area (Å²) in [6, 6.07) is 10.1. The summed E-state index contributed by atoms with van der Waals surface area (Å²) >= 11 is 0. The van der Waals surface area contributed by atoms with Gasteiger partial charge >= 0.3 is 12.3 Å². The lowest BCUT2D eigenvalue weighted by atomic mass is 10.2. The average molecular weight is 407 g/mol. The molecule has 0 saturated carbocycles. The number of carbonyl (C=O) groups excluding carboxylic acids is 2. The summed E-state index contributed by atoms with van der Waals surface area (Å²) in [5, 5.41) is 2.43. The summed E-state index contributed by atoms with van der Waals surface area (Å²) in [6.07, 6.45) is -3.74. The quantitative estimate of drug-likeness (QED) is 0.703. The second kappa shape index (κ2) is 8.34. The van der Waals surface area contributed by atoms with Gasteiger partial charge in [0.25, 0.3) is 5.91 Å². The highest BCUT2D eigenvalue weighted by Gasteiger charge is 2.43. The minimum absolute atomic E-state index is 0.139. The molecule has 2 aromatic carbocycles. The van der Waals surface area contributed by atoms with Gasteiger partial charge in [-0.15, -0.1) is 8.78 Å². The number of alkyl halides is 2. The third-order valence-corrected chi connectivity index (χ3v) is 3.69. The largest absolute Gasteiger partial charge is 0.586 e. The molecule has 0 radical (unpaired) electrons. The van der Waals surface area contributed by atoms with E-state index in [9.17, 15) is 18.4 Å². The molecule has 154 valence electrons. The van der Waals surface area contributed by atoms with Gasteiger partial charge in [-0.05, 0) is 42.3 Å². The van der Waals surface area contributed by atoms with E-state index in [1.807, 2.05) is 13.8 Å². The predicted octanol–water partition coefficient (Wildman–Crippen LogP) is 3.84. The van der Waals surface area contributed by atoms with Gasteiger partial charge < -0.3 is 24.3 Å². The number of anilines is 1. The van der Waals surface area contributed by atoms with Crippen LogP contribution in [0.25, 0.3) is 0 Å². The van der Waals surface area contributed by atoms with Gasteiger partial charge in [0, 0.05) is 11.8 Å². The van der Waals surface area contributed by atoms with Crippen LogP contribution in [0.5, 0.6) is 17.2 Å². The normalized spacial score (nSPS) is 13.8. The van der Waals surface area contributed by atoms with E-state index < -0.39 is 24.8 Å². The first kappa shape index (κ1) is 20.4. The molecule has 0 aliphatic carbocycles. The van der Waals surface area contributed by atoms with Crippen LogP contribution in [-0.2, 0) is 9.53 Å². The Morgan fingerprint density at radius 1 is 1.07 bits per heavy atom. The fourth-order valence-corrected chi connectivity index (χ4v) is 2.39. The molecule has 1 aliphatic rings. The van der Waals surface area contributed by atoms with Gasteiger partial charge in [0.15, 0.2) is 18.1 Å². The van der Waals surface area contributed by atoms with Crippen molar-refractivity contribution in [3.63, 3.8) is 0 Å². The van der Waals surface area contributed by atoms with Crippen LogP contribution in [0.3, 0.4) is 0 Å². The molecule has 0 atom stereocenters. The molecule has 0 spiro atoms. The van der Waals surface area contributed by atoms with Crippen molar-refractivity contribution in [2.75, 3.05) is 18.5 Å². The highest BCUT2D eigenvalue weighted by molar-refractivity contribution is 5.95. The van der Waals surface area contributed by atoms with Crippen molar-refractivity contribution in [1.82, 2.24) is 0 Å². The Morgan fingerprint density at radius 3 is 2.45 bits per heavy atom. The maximum atomic E-state index is 13.0. The molecule has 0 unspecified atom stereocenters. The minimum Gasteiger partial charge on any atom is -0.493 e. The van der Waals surface area contributed by atoms with Crippen molar-refractivity contribution in [3.05, 3.63) is 48.0 Å². The van der Waals surface area contributed by atoms with Crippen LogP contribution in [0.15, 0.2) is 42.5 Å². The van der Waals surface area contributed by atoms with Crippen LogP contribution in [0, 0.1) is 5.92 Å². The molecule has 0 aromatic heterocycles. The van der Waals surface area contributed by atoms with Crippen molar-refractivity contribution >= 4 is 17.6 Å². The molecule has 0 bridgehead atoms. The number of rotatable bonds is 7. The average Bonchev–Trinajstić information content (AvgIpc) is 2.98. The fraction of sp³-hybridized carbons (Fsp3) is 0.300. The van der Waals surface area contributed by atoms with Crippen molar-refractivity contribution in [2.24, 2.45) is 5.92 Å². The number of nitrogens with one attached hydrogen (secondary N) is 1. The van der Waals surface area contributed by atoms with Gasteiger partial charge in [0.05, 0.1) is 12.2 Å². The molecular weight excluding hydrogens is 388 g/mol. The highest BCUT2D eigenvalue weighted by Crippen LogP contribution is 2.42. The van der Waals surface area contributed by atoms with Gasteiger partial charge in [-0.3, -0.25) is 4.79 Å². The number of amides is 1. The lowest BCUT2D eigenvalue weighted by Gasteiger charge is -2.09. The van der Waals surface area contributed by atoms with Crippen molar-refractivity contribution in [3.8, 4) is 17.2 Å². The molecule has 7 nitrogen and oxygen atoms in total. The molecule has 1 heterocycles. The zero-order valence-electron chi connectivity index (χ0n) is 15.7. The van der Waals surface area contributed by atoms with Gasteiger partial charge in [-0.2, -0.15) is 0 Å². The Morgan fingerprint density at radius 2 is 1.76 bits per heavy atom. The first-order valence-electron chi connectivity index (χ1n) is 8.81. The summed E-state index contributed by atoms with van der Waals surface area (Å²) in [7, 11) is 0. The Balaban J connectivity index is 1.49. The Kier molecular flexibility index (Phi) is 5.86. The number of halogens is 2. The van der Waals surface area contributed by atoms with Gasteiger partial charge in [0.1, 0.15) is 5.75 Å². The topological polar surface area (TPSA) is 83.1 Å². The summed E-state index contributed by atoms with van der Waals surface area (Å²) in [5.74, 6) is -0.660. The van der Waals surface area contributed by atoms with E-state index in [-0.39, 0.29) is 22.7 Å². The van der Waals surface area contributed by atoms with Gasteiger partial charge in [-0.1, -0.05) is 13.8 Å². The third-order valence-electron chi connectivity index (χ3n) is 3.69. The Labute approximate surface area is 165 Å². The standard InChI is InChI=1S/C20H19F2NO6/c1-12(2)10-26-15-6-3-13(4-7-15)19(25)27-11-18(24)23-14-5-8-16-17(9-14)29-20(21,22)28-16/h3-9,12H,10-11H2,1-2H3,(H,23,24). The van der Waals surface area contributed by atoms with E-state index in [4.69, 9.17) is 9.47 Å². The van der Waals surface area contributed by atoms with Crippen LogP contribution in [0.1, 0.15) is 24.2 Å². The molecule has 1 aliphatic heterocycles. The van der Waals surface area contributed by atoms with Crippen LogP contribution >= 0.6 is 0 Å². The summed E-state index contributed by atoms with van der Waals surface area (Å²) in [5.41, 5.74) is 0.456. The molecule has 0 saturated heterocycles. The summed E-state index contributed by atoms with van der Waals surface area (Å²) in [4.78, 5) is 24.0. The zero-order valence-corrected chi connectivity index (χ0v) is 15.7. The number of fused-ring (bicyclic) bond motifs is 1. The van der Waals surface area contributed by atoms with Crippen molar-refractivity contribution in [1.29, 1.82) is 0 Å². The number of carbonyl (C=O) groups is 2. The monoisotopic (exact) mass is 407 g/mol. The molecule has 0 fully saturated rings. The van der Waals surface area contributed by atoms with E-state index in [0.717, 1.165) is 0 Å². The number of hydrogen-bond acceptors (Lipinski definition) is 6. The number of benzene rings is 2. The maximum absolute atomic E-state index is 13.0.